The molecule has 1 aromatic rings. The van der Waals surface area contributed by atoms with Crippen LogP contribution in [-0.2, 0) is 0 Å². The van der Waals surface area contributed by atoms with Crippen molar-refractivity contribution in [3.05, 3.63) is 17.0 Å². The molecule has 1 heterocycles. The van der Waals surface area contributed by atoms with Crippen LogP contribution in [0.3, 0.4) is 0 Å². The van der Waals surface area contributed by atoms with Gasteiger partial charge in [0.25, 0.3) is 0 Å². The summed E-state index contributed by atoms with van der Waals surface area (Å²) in [5.41, 5.74) is -0.741. The Labute approximate surface area is 85.5 Å². The van der Waals surface area contributed by atoms with E-state index in [0.29, 0.717) is 17.0 Å². The number of anilines is 1. The number of hydrogen-bond donors (Lipinski definition) is 2. The fraction of sp³-hybridized carbons (Fsp3) is 0.500. The molecule has 0 aliphatic heterocycles. The van der Waals surface area contributed by atoms with Crippen LogP contribution in [0.1, 0.15) is 13.8 Å². The first-order valence-corrected chi connectivity index (χ1v) is 4.70. The molecule has 0 fully saturated rings. The molecular weight excluding hydrogens is 234 g/mol. The van der Waals surface area contributed by atoms with Gasteiger partial charge in [-0.25, -0.2) is 9.97 Å². The van der Waals surface area contributed by atoms with Crippen molar-refractivity contribution in [2.75, 3.05) is 11.9 Å². The number of hydrogen-bond acceptors (Lipinski definition) is 4. The lowest BCUT2D eigenvalue weighted by molar-refractivity contribution is 0.0944. The third-order valence-corrected chi connectivity index (χ3v) is 1.73. The van der Waals surface area contributed by atoms with Crippen LogP contribution in [-0.4, -0.2) is 27.2 Å². The van der Waals surface area contributed by atoms with Crippen LogP contribution in [0.15, 0.2) is 17.0 Å². The minimum atomic E-state index is -0.741. The first kappa shape index (κ1) is 10.4. The summed E-state index contributed by atoms with van der Waals surface area (Å²) in [5, 5.41) is 12.4. The zero-order valence-corrected chi connectivity index (χ0v) is 9.17. The van der Waals surface area contributed by atoms with Crippen LogP contribution in [0.4, 0.5) is 5.82 Å². The summed E-state index contributed by atoms with van der Waals surface area (Å²) in [6, 6.07) is 0. The lowest BCUT2D eigenvalue weighted by atomic mass is 10.1. The van der Waals surface area contributed by atoms with Crippen LogP contribution >= 0.6 is 15.9 Å². The van der Waals surface area contributed by atoms with E-state index in [2.05, 4.69) is 31.2 Å². The number of halogens is 1. The van der Waals surface area contributed by atoms with Gasteiger partial charge in [-0.3, -0.25) is 0 Å². The van der Waals surface area contributed by atoms with Crippen molar-refractivity contribution < 1.29 is 5.11 Å². The summed E-state index contributed by atoms with van der Waals surface area (Å²) in [6.45, 7) is 3.90. The number of rotatable bonds is 3. The predicted molar refractivity (Wildman–Crippen MR) is 54.5 cm³/mol. The fourth-order valence-corrected chi connectivity index (χ4v) is 0.915. The van der Waals surface area contributed by atoms with Gasteiger partial charge in [-0.2, -0.15) is 0 Å². The molecule has 0 saturated carbocycles. The van der Waals surface area contributed by atoms with E-state index in [1.54, 1.807) is 26.2 Å². The van der Waals surface area contributed by atoms with Crippen molar-refractivity contribution in [3.8, 4) is 0 Å². The zero-order chi connectivity index (χ0) is 9.90. The van der Waals surface area contributed by atoms with Crippen molar-refractivity contribution in [2.24, 2.45) is 0 Å². The Morgan fingerprint density at radius 3 is 2.62 bits per heavy atom. The Kier molecular flexibility index (Phi) is 3.22. The molecule has 0 saturated heterocycles. The molecular formula is C8H12BrN3O. The van der Waals surface area contributed by atoms with Crippen molar-refractivity contribution in [1.82, 2.24) is 9.97 Å². The Hall–Kier alpha value is -0.680. The molecule has 0 amide bonds. The molecule has 0 aromatic carbocycles. The van der Waals surface area contributed by atoms with E-state index in [4.69, 9.17) is 0 Å². The molecule has 0 bridgehead atoms. The Balaban J connectivity index is 2.51. The van der Waals surface area contributed by atoms with Gasteiger partial charge in [0.15, 0.2) is 0 Å². The van der Waals surface area contributed by atoms with E-state index in [1.165, 1.54) is 0 Å². The van der Waals surface area contributed by atoms with Crippen LogP contribution in [0.5, 0.6) is 0 Å². The van der Waals surface area contributed by atoms with Gasteiger partial charge in [-0.15, -0.1) is 0 Å². The average molecular weight is 246 g/mol. The molecule has 0 aliphatic rings. The molecule has 5 heteroatoms. The zero-order valence-electron chi connectivity index (χ0n) is 7.58. The van der Waals surface area contributed by atoms with Gasteiger partial charge >= 0.3 is 0 Å². The second-order valence-corrected chi connectivity index (χ2v) is 4.20. The first-order valence-electron chi connectivity index (χ1n) is 3.91. The molecule has 0 atom stereocenters. The summed E-state index contributed by atoms with van der Waals surface area (Å²) in [7, 11) is 0. The molecule has 1 aromatic heterocycles. The lowest BCUT2D eigenvalue weighted by Gasteiger charge is -2.17. The maximum Gasteiger partial charge on any atom is 0.144 e. The number of nitrogens with one attached hydrogen (secondary N) is 1. The van der Waals surface area contributed by atoms with E-state index < -0.39 is 5.60 Å². The standard InChI is InChI=1S/C8H12BrN3O/c1-8(2,13)5-12-7-4-10-6(9)3-11-7/h3-4,13H,5H2,1-2H3,(H,11,12). The molecule has 1 rings (SSSR count). The second kappa shape index (κ2) is 4.02. The third kappa shape index (κ3) is 4.19. The summed E-state index contributed by atoms with van der Waals surface area (Å²) in [6.07, 6.45) is 3.21. The Morgan fingerprint density at radius 2 is 2.15 bits per heavy atom. The van der Waals surface area contributed by atoms with E-state index in [0.717, 1.165) is 0 Å². The summed E-state index contributed by atoms with van der Waals surface area (Å²) < 4.78 is 0.696. The van der Waals surface area contributed by atoms with E-state index >= 15 is 0 Å². The average Bonchev–Trinajstić information content (AvgIpc) is 2.02. The van der Waals surface area contributed by atoms with E-state index in [9.17, 15) is 5.11 Å². The quantitative estimate of drug-likeness (QED) is 0.846. The summed E-state index contributed by atoms with van der Waals surface area (Å²) in [5.74, 6) is 0.658. The predicted octanol–water partition coefficient (Wildman–Crippen LogP) is 1.42. The van der Waals surface area contributed by atoms with E-state index in [-0.39, 0.29) is 0 Å². The van der Waals surface area contributed by atoms with Gasteiger partial charge < -0.3 is 10.4 Å². The minimum absolute atomic E-state index is 0.448. The monoisotopic (exact) mass is 245 g/mol. The topological polar surface area (TPSA) is 58.0 Å². The first-order chi connectivity index (χ1) is 5.97. The molecule has 4 nitrogen and oxygen atoms in total. The molecule has 2 N–H and O–H groups in total. The van der Waals surface area contributed by atoms with Crippen LogP contribution < -0.4 is 5.32 Å². The Morgan fingerprint density at radius 1 is 1.46 bits per heavy atom. The Bertz CT molecular complexity index is 268. The van der Waals surface area contributed by atoms with Crippen LogP contribution in [0, 0.1) is 0 Å². The third-order valence-electron chi connectivity index (χ3n) is 1.32. The van der Waals surface area contributed by atoms with Gasteiger partial charge in [-0.1, -0.05) is 0 Å². The van der Waals surface area contributed by atoms with Gasteiger partial charge in [0.1, 0.15) is 10.4 Å². The number of aliphatic hydroxyl groups is 1. The van der Waals surface area contributed by atoms with E-state index in [1.807, 2.05) is 0 Å². The molecule has 72 valence electrons. The van der Waals surface area contributed by atoms with Crippen LogP contribution in [0.2, 0.25) is 0 Å². The largest absolute Gasteiger partial charge is 0.389 e. The molecule has 0 aliphatic carbocycles. The fourth-order valence-electron chi connectivity index (χ4n) is 0.710. The van der Waals surface area contributed by atoms with Gasteiger partial charge in [0.05, 0.1) is 18.0 Å². The van der Waals surface area contributed by atoms with Gasteiger partial charge in [-0.05, 0) is 29.8 Å². The van der Waals surface area contributed by atoms with Gasteiger partial charge in [0, 0.05) is 6.54 Å². The van der Waals surface area contributed by atoms with Gasteiger partial charge in [0.2, 0.25) is 0 Å². The SMILES string of the molecule is CC(C)(O)CNc1cnc(Br)cn1. The highest BCUT2D eigenvalue weighted by atomic mass is 79.9. The minimum Gasteiger partial charge on any atom is -0.389 e. The molecule has 0 spiro atoms. The highest BCUT2D eigenvalue weighted by molar-refractivity contribution is 9.10. The number of aromatic nitrogens is 2. The lowest BCUT2D eigenvalue weighted by Crippen LogP contribution is -2.29. The van der Waals surface area contributed by atoms with Crippen molar-refractivity contribution in [2.45, 2.75) is 19.4 Å². The molecule has 13 heavy (non-hydrogen) atoms. The highest BCUT2D eigenvalue weighted by Gasteiger charge is 2.11. The molecule has 0 unspecified atom stereocenters. The second-order valence-electron chi connectivity index (χ2n) is 3.39. The van der Waals surface area contributed by atoms with Crippen molar-refractivity contribution in [1.29, 1.82) is 0 Å². The maximum atomic E-state index is 9.41. The van der Waals surface area contributed by atoms with Crippen molar-refractivity contribution >= 4 is 21.7 Å². The molecule has 0 radical (unpaired) electrons. The maximum absolute atomic E-state index is 9.41. The highest BCUT2D eigenvalue weighted by Crippen LogP contribution is 2.08. The summed E-state index contributed by atoms with van der Waals surface area (Å²) in [4.78, 5) is 8.04. The summed E-state index contributed by atoms with van der Waals surface area (Å²) >= 11 is 3.19. The van der Waals surface area contributed by atoms with Crippen LogP contribution in [0.25, 0.3) is 0 Å². The van der Waals surface area contributed by atoms with Crippen molar-refractivity contribution in [3.63, 3.8) is 0 Å². The smallest absolute Gasteiger partial charge is 0.144 e. The number of nitrogens with zero attached hydrogens (tertiary/aromatic N) is 2. The normalized spacial score (nSPS) is 11.4.